The molecule has 0 saturated carbocycles. The molecular formula is C18H16N2O2. The lowest BCUT2D eigenvalue weighted by Crippen LogP contribution is -2.08. The van der Waals surface area contributed by atoms with E-state index in [1.807, 2.05) is 37.3 Å². The topological polar surface area (TPSA) is 62.8 Å². The summed E-state index contributed by atoms with van der Waals surface area (Å²) in [6.07, 6.45) is 3.68. The van der Waals surface area contributed by atoms with Crippen molar-refractivity contribution in [3.63, 3.8) is 0 Å². The van der Waals surface area contributed by atoms with Gasteiger partial charge in [-0.2, -0.15) is 0 Å². The molecule has 4 nitrogen and oxygen atoms in total. The number of ketones is 2. The number of hydrogen-bond acceptors (Lipinski definition) is 3. The molecule has 3 rings (SSSR count). The number of carbonyl (C=O) groups excluding carboxylic acids is 2. The van der Waals surface area contributed by atoms with Gasteiger partial charge in [-0.25, -0.2) is 0 Å². The Kier molecular flexibility index (Phi) is 3.83. The van der Waals surface area contributed by atoms with Crippen LogP contribution in [0.1, 0.15) is 39.3 Å². The number of benzene rings is 1. The SMILES string of the molecule is Cc1cccnc1C(=O)CCC(=O)c1c[nH]c2ccccc12. The highest BCUT2D eigenvalue weighted by atomic mass is 16.1. The predicted molar refractivity (Wildman–Crippen MR) is 85.2 cm³/mol. The minimum atomic E-state index is -0.0914. The molecule has 0 atom stereocenters. The number of Topliss-reactive ketones (excluding diaryl/α,β-unsaturated/α-hetero) is 2. The van der Waals surface area contributed by atoms with E-state index in [0.717, 1.165) is 16.5 Å². The van der Waals surface area contributed by atoms with E-state index in [2.05, 4.69) is 9.97 Å². The summed E-state index contributed by atoms with van der Waals surface area (Å²) in [6.45, 7) is 1.85. The second kappa shape index (κ2) is 5.93. The zero-order valence-corrected chi connectivity index (χ0v) is 12.3. The Bertz CT molecular complexity index is 849. The standard InChI is InChI=1S/C18H16N2O2/c1-12-5-4-10-19-18(12)17(22)9-8-16(21)14-11-20-15-7-3-2-6-13(14)15/h2-7,10-11,20H,8-9H2,1H3. The van der Waals surface area contributed by atoms with Crippen molar-refractivity contribution in [1.29, 1.82) is 0 Å². The van der Waals surface area contributed by atoms with Crippen molar-refractivity contribution in [3.8, 4) is 0 Å². The van der Waals surface area contributed by atoms with E-state index in [9.17, 15) is 9.59 Å². The van der Waals surface area contributed by atoms with Gasteiger partial charge < -0.3 is 4.98 Å². The molecule has 4 heteroatoms. The van der Waals surface area contributed by atoms with E-state index in [0.29, 0.717) is 11.3 Å². The van der Waals surface area contributed by atoms with Gasteiger partial charge in [0.15, 0.2) is 11.6 Å². The second-order valence-corrected chi connectivity index (χ2v) is 5.26. The van der Waals surface area contributed by atoms with Crippen molar-refractivity contribution in [3.05, 3.63) is 65.6 Å². The number of fused-ring (bicyclic) bond motifs is 1. The van der Waals surface area contributed by atoms with E-state index in [-0.39, 0.29) is 24.4 Å². The van der Waals surface area contributed by atoms with Gasteiger partial charge in [-0.05, 0) is 24.6 Å². The van der Waals surface area contributed by atoms with Crippen LogP contribution in [0, 0.1) is 6.92 Å². The molecule has 0 bridgehead atoms. The maximum atomic E-state index is 12.3. The number of nitrogens with one attached hydrogen (secondary N) is 1. The van der Waals surface area contributed by atoms with Crippen LogP contribution in [-0.4, -0.2) is 21.5 Å². The molecule has 0 amide bonds. The van der Waals surface area contributed by atoms with Crippen molar-refractivity contribution < 1.29 is 9.59 Å². The fourth-order valence-electron chi connectivity index (χ4n) is 2.56. The van der Waals surface area contributed by atoms with Gasteiger partial charge in [-0.3, -0.25) is 14.6 Å². The van der Waals surface area contributed by atoms with E-state index < -0.39 is 0 Å². The molecule has 0 aliphatic heterocycles. The van der Waals surface area contributed by atoms with E-state index >= 15 is 0 Å². The van der Waals surface area contributed by atoms with Crippen LogP contribution in [-0.2, 0) is 0 Å². The van der Waals surface area contributed by atoms with Crippen LogP contribution in [0.4, 0.5) is 0 Å². The van der Waals surface area contributed by atoms with Crippen LogP contribution in [0.5, 0.6) is 0 Å². The number of carbonyl (C=O) groups is 2. The first-order valence-corrected chi connectivity index (χ1v) is 7.21. The highest BCUT2D eigenvalue weighted by Crippen LogP contribution is 2.20. The molecule has 2 aromatic heterocycles. The van der Waals surface area contributed by atoms with Crippen LogP contribution in [0.2, 0.25) is 0 Å². The Morgan fingerprint density at radius 2 is 1.82 bits per heavy atom. The third-order valence-electron chi connectivity index (χ3n) is 3.74. The molecule has 0 spiro atoms. The van der Waals surface area contributed by atoms with Gasteiger partial charge >= 0.3 is 0 Å². The maximum absolute atomic E-state index is 12.3. The van der Waals surface area contributed by atoms with Crippen molar-refractivity contribution in [1.82, 2.24) is 9.97 Å². The number of rotatable bonds is 5. The fourth-order valence-corrected chi connectivity index (χ4v) is 2.56. The molecule has 3 aromatic rings. The van der Waals surface area contributed by atoms with Gasteiger partial charge in [0, 0.05) is 41.7 Å². The van der Waals surface area contributed by atoms with Gasteiger partial charge in [0.1, 0.15) is 5.69 Å². The minimum absolute atomic E-state index is 0.0283. The van der Waals surface area contributed by atoms with Crippen LogP contribution < -0.4 is 0 Å². The number of para-hydroxylation sites is 1. The number of aromatic nitrogens is 2. The normalized spacial score (nSPS) is 10.8. The number of nitrogens with zero attached hydrogens (tertiary/aromatic N) is 1. The molecule has 1 aromatic carbocycles. The molecule has 110 valence electrons. The van der Waals surface area contributed by atoms with Gasteiger partial charge in [-0.1, -0.05) is 24.3 Å². The molecule has 0 fully saturated rings. The van der Waals surface area contributed by atoms with Crippen molar-refractivity contribution in [2.45, 2.75) is 19.8 Å². The van der Waals surface area contributed by atoms with Gasteiger partial charge in [0.2, 0.25) is 0 Å². The highest BCUT2D eigenvalue weighted by molar-refractivity contribution is 6.09. The van der Waals surface area contributed by atoms with Crippen molar-refractivity contribution in [2.75, 3.05) is 0 Å². The zero-order valence-electron chi connectivity index (χ0n) is 12.3. The molecule has 2 heterocycles. The molecular weight excluding hydrogens is 276 g/mol. The first-order chi connectivity index (χ1) is 10.7. The molecule has 1 N–H and O–H groups in total. The monoisotopic (exact) mass is 292 g/mol. The summed E-state index contributed by atoms with van der Waals surface area (Å²) in [4.78, 5) is 31.7. The molecule has 0 aliphatic carbocycles. The average Bonchev–Trinajstić information content (AvgIpc) is 2.97. The van der Waals surface area contributed by atoms with Crippen molar-refractivity contribution in [2.24, 2.45) is 0 Å². The number of aromatic amines is 1. The highest BCUT2D eigenvalue weighted by Gasteiger charge is 2.16. The molecule has 0 aliphatic rings. The third-order valence-corrected chi connectivity index (χ3v) is 3.74. The van der Waals surface area contributed by atoms with Crippen LogP contribution in [0.3, 0.4) is 0 Å². The summed E-state index contributed by atoms with van der Waals surface area (Å²) >= 11 is 0. The second-order valence-electron chi connectivity index (χ2n) is 5.26. The first-order valence-electron chi connectivity index (χ1n) is 7.21. The predicted octanol–water partition coefficient (Wildman–Crippen LogP) is 3.72. The molecule has 0 unspecified atom stereocenters. The smallest absolute Gasteiger partial charge is 0.181 e. The Labute approximate surface area is 128 Å². The number of H-pyrrole nitrogens is 1. The van der Waals surface area contributed by atoms with Crippen LogP contribution >= 0.6 is 0 Å². The largest absolute Gasteiger partial charge is 0.360 e. The van der Waals surface area contributed by atoms with E-state index in [4.69, 9.17) is 0 Å². The quantitative estimate of drug-likeness (QED) is 0.729. The summed E-state index contributed by atoms with van der Waals surface area (Å²) in [5.74, 6) is -0.120. The summed E-state index contributed by atoms with van der Waals surface area (Å²) in [5.41, 5.74) is 2.86. The van der Waals surface area contributed by atoms with Crippen LogP contribution in [0.25, 0.3) is 10.9 Å². The summed E-state index contributed by atoms with van der Waals surface area (Å²) < 4.78 is 0. The van der Waals surface area contributed by atoms with E-state index in [1.165, 1.54) is 0 Å². The fraction of sp³-hybridized carbons (Fsp3) is 0.167. The Balaban J connectivity index is 1.73. The third kappa shape index (κ3) is 2.68. The summed E-state index contributed by atoms with van der Waals surface area (Å²) in [5, 5.41) is 0.897. The Hall–Kier alpha value is -2.75. The van der Waals surface area contributed by atoms with Crippen LogP contribution in [0.15, 0.2) is 48.8 Å². The zero-order chi connectivity index (χ0) is 15.5. The average molecular weight is 292 g/mol. The van der Waals surface area contributed by atoms with Gasteiger partial charge in [0.05, 0.1) is 0 Å². The minimum Gasteiger partial charge on any atom is -0.360 e. The van der Waals surface area contributed by atoms with Gasteiger partial charge in [-0.15, -0.1) is 0 Å². The molecule has 0 radical (unpaired) electrons. The Morgan fingerprint density at radius 1 is 1.05 bits per heavy atom. The summed E-state index contributed by atoms with van der Waals surface area (Å²) in [7, 11) is 0. The number of pyridine rings is 1. The lowest BCUT2D eigenvalue weighted by molar-refractivity contribution is 0.0915. The summed E-state index contributed by atoms with van der Waals surface area (Å²) in [6, 6.07) is 11.3. The molecule has 22 heavy (non-hydrogen) atoms. The lowest BCUT2D eigenvalue weighted by Gasteiger charge is -2.03. The first kappa shape index (κ1) is 14.2. The Morgan fingerprint density at radius 3 is 2.64 bits per heavy atom. The molecule has 0 saturated heterocycles. The lowest BCUT2D eigenvalue weighted by atomic mass is 10.0. The van der Waals surface area contributed by atoms with Crippen molar-refractivity contribution >= 4 is 22.5 Å². The number of hydrogen-bond donors (Lipinski definition) is 1. The van der Waals surface area contributed by atoms with E-state index in [1.54, 1.807) is 18.5 Å². The number of aryl methyl sites for hydroxylation is 1. The van der Waals surface area contributed by atoms with Gasteiger partial charge in [0.25, 0.3) is 0 Å². The maximum Gasteiger partial charge on any atom is 0.181 e.